The molecule has 0 saturated carbocycles. The molecule has 8 heteroatoms. The first-order valence-electron chi connectivity index (χ1n) is 9.31. The average Bonchev–Trinajstić information content (AvgIpc) is 3.44. The number of thioether (sulfide) groups is 1. The van der Waals surface area contributed by atoms with Gasteiger partial charge < -0.3 is 4.42 Å². The van der Waals surface area contributed by atoms with E-state index in [2.05, 4.69) is 32.9 Å². The molecule has 7 nitrogen and oxygen atoms in total. The summed E-state index contributed by atoms with van der Waals surface area (Å²) in [7, 11) is 0. The van der Waals surface area contributed by atoms with Gasteiger partial charge >= 0.3 is 0 Å². The number of nitrogens with one attached hydrogen (secondary N) is 1. The molecular weight excluding hydrogens is 398 g/mol. The third kappa shape index (κ3) is 5.03. The van der Waals surface area contributed by atoms with Crippen molar-refractivity contribution >= 4 is 23.9 Å². The molecule has 1 amide bonds. The number of hydrazone groups is 1. The zero-order chi connectivity index (χ0) is 20.6. The molecule has 2 heterocycles. The summed E-state index contributed by atoms with van der Waals surface area (Å²) in [4.78, 5) is 12.2. The van der Waals surface area contributed by atoms with E-state index in [-0.39, 0.29) is 11.7 Å². The number of hydrogen-bond donors (Lipinski definition) is 1. The highest BCUT2D eigenvalue weighted by Gasteiger charge is 2.16. The monoisotopic (exact) mass is 417 g/mol. The Hall–Kier alpha value is -3.65. The number of furan rings is 1. The van der Waals surface area contributed by atoms with Crippen molar-refractivity contribution in [1.82, 2.24) is 20.2 Å². The predicted molar refractivity (Wildman–Crippen MR) is 116 cm³/mol. The molecule has 0 spiro atoms. The van der Waals surface area contributed by atoms with Gasteiger partial charge in [0.05, 0.1) is 18.2 Å². The number of para-hydroxylation sites is 1. The molecular formula is C22H19N5O2S. The molecule has 0 aliphatic heterocycles. The van der Waals surface area contributed by atoms with E-state index in [0.29, 0.717) is 17.3 Å². The molecule has 2 aromatic heterocycles. The fourth-order valence-corrected chi connectivity index (χ4v) is 3.58. The third-order valence-electron chi connectivity index (χ3n) is 4.18. The van der Waals surface area contributed by atoms with E-state index < -0.39 is 0 Å². The summed E-state index contributed by atoms with van der Waals surface area (Å²) >= 11 is 1.31. The van der Waals surface area contributed by atoms with Crippen molar-refractivity contribution in [2.24, 2.45) is 5.10 Å². The largest absolute Gasteiger partial charge is 0.463 e. The van der Waals surface area contributed by atoms with Crippen LogP contribution in [-0.4, -0.2) is 32.6 Å². The minimum atomic E-state index is -0.241. The quantitative estimate of drug-likeness (QED) is 0.268. The number of benzene rings is 2. The number of nitrogens with zero attached hydrogens (tertiary/aromatic N) is 4. The lowest BCUT2D eigenvalue weighted by Crippen LogP contribution is -2.20. The topological polar surface area (TPSA) is 85.3 Å². The van der Waals surface area contributed by atoms with E-state index in [1.807, 2.05) is 53.1 Å². The molecule has 0 bridgehead atoms. The van der Waals surface area contributed by atoms with Gasteiger partial charge in [-0.1, -0.05) is 60.3 Å². The molecule has 4 rings (SSSR count). The molecule has 0 aliphatic carbocycles. The van der Waals surface area contributed by atoms with Gasteiger partial charge in [-0.3, -0.25) is 9.36 Å². The maximum absolute atomic E-state index is 12.2. The van der Waals surface area contributed by atoms with Crippen LogP contribution in [0.25, 0.3) is 5.69 Å². The standard InChI is InChI=1S/C22H19N5O2S/c28-21(25-23-15-19-12-7-13-29-19)16-30-22-26-24-20(14-17-8-3-1-4-9-17)27(22)18-10-5-2-6-11-18/h1-13,15H,14,16H2,(H,25,28)/b23-15+. The van der Waals surface area contributed by atoms with Crippen LogP contribution < -0.4 is 5.43 Å². The van der Waals surface area contributed by atoms with Crippen molar-refractivity contribution in [2.75, 3.05) is 5.75 Å². The zero-order valence-electron chi connectivity index (χ0n) is 16.0. The Morgan fingerprint density at radius 1 is 1.03 bits per heavy atom. The van der Waals surface area contributed by atoms with Gasteiger partial charge in [0, 0.05) is 12.1 Å². The average molecular weight is 417 g/mol. The fraction of sp³-hybridized carbons (Fsp3) is 0.0909. The normalized spacial score (nSPS) is 11.1. The summed E-state index contributed by atoms with van der Waals surface area (Å²) in [6.07, 6.45) is 3.64. The van der Waals surface area contributed by atoms with Crippen LogP contribution in [0.5, 0.6) is 0 Å². The molecule has 0 atom stereocenters. The summed E-state index contributed by atoms with van der Waals surface area (Å²) < 4.78 is 7.12. The van der Waals surface area contributed by atoms with Crippen molar-refractivity contribution in [3.8, 4) is 5.69 Å². The Balaban J connectivity index is 1.47. The summed E-state index contributed by atoms with van der Waals surface area (Å²) in [6, 6.07) is 23.5. The summed E-state index contributed by atoms with van der Waals surface area (Å²) in [6.45, 7) is 0. The second-order valence-corrected chi connectivity index (χ2v) is 7.27. The van der Waals surface area contributed by atoms with Crippen molar-refractivity contribution in [2.45, 2.75) is 11.6 Å². The molecule has 0 fully saturated rings. The van der Waals surface area contributed by atoms with Crippen molar-refractivity contribution in [3.63, 3.8) is 0 Å². The van der Waals surface area contributed by atoms with E-state index in [9.17, 15) is 4.79 Å². The summed E-state index contributed by atoms with van der Waals surface area (Å²) in [5, 5.41) is 13.2. The van der Waals surface area contributed by atoms with Gasteiger partial charge in [0.1, 0.15) is 11.6 Å². The number of carbonyl (C=O) groups is 1. The van der Waals surface area contributed by atoms with E-state index in [1.54, 1.807) is 18.4 Å². The Labute approximate surface area is 177 Å². The van der Waals surface area contributed by atoms with Gasteiger partial charge in [0.2, 0.25) is 0 Å². The highest BCUT2D eigenvalue weighted by Crippen LogP contribution is 2.23. The second-order valence-electron chi connectivity index (χ2n) is 6.33. The minimum absolute atomic E-state index is 0.159. The maximum atomic E-state index is 12.2. The van der Waals surface area contributed by atoms with Gasteiger partial charge in [-0.2, -0.15) is 5.10 Å². The Kier molecular flexibility index (Phi) is 6.36. The van der Waals surface area contributed by atoms with Crippen LogP contribution in [0.15, 0.2) is 93.7 Å². The van der Waals surface area contributed by atoms with Crippen molar-refractivity contribution < 1.29 is 9.21 Å². The van der Waals surface area contributed by atoms with E-state index in [0.717, 1.165) is 17.1 Å². The zero-order valence-corrected chi connectivity index (χ0v) is 16.8. The maximum Gasteiger partial charge on any atom is 0.250 e. The summed E-state index contributed by atoms with van der Waals surface area (Å²) in [5.41, 5.74) is 4.58. The highest BCUT2D eigenvalue weighted by molar-refractivity contribution is 7.99. The Morgan fingerprint density at radius 2 is 1.80 bits per heavy atom. The van der Waals surface area contributed by atoms with Gasteiger partial charge in [-0.15, -0.1) is 10.2 Å². The molecule has 1 N–H and O–H groups in total. The third-order valence-corrected chi connectivity index (χ3v) is 5.11. The number of carbonyl (C=O) groups excluding carboxylic acids is 1. The van der Waals surface area contributed by atoms with Crippen molar-refractivity contribution in [1.29, 1.82) is 0 Å². The van der Waals surface area contributed by atoms with Crippen LogP contribution in [0.3, 0.4) is 0 Å². The lowest BCUT2D eigenvalue weighted by Gasteiger charge is -2.10. The number of aromatic nitrogens is 3. The predicted octanol–water partition coefficient (Wildman–Crippen LogP) is 3.69. The smallest absolute Gasteiger partial charge is 0.250 e. The van der Waals surface area contributed by atoms with Gasteiger partial charge in [-0.05, 0) is 29.8 Å². The van der Waals surface area contributed by atoms with E-state index >= 15 is 0 Å². The molecule has 4 aromatic rings. The van der Waals surface area contributed by atoms with Gasteiger partial charge in [-0.25, -0.2) is 5.43 Å². The molecule has 0 unspecified atom stereocenters. The lowest BCUT2D eigenvalue weighted by molar-refractivity contribution is -0.118. The highest BCUT2D eigenvalue weighted by atomic mass is 32.2. The summed E-state index contributed by atoms with van der Waals surface area (Å²) in [5.74, 6) is 1.30. The van der Waals surface area contributed by atoms with E-state index in [1.165, 1.54) is 18.0 Å². The first-order chi connectivity index (χ1) is 14.8. The fourth-order valence-electron chi connectivity index (χ4n) is 2.82. The van der Waals surface area contributed by atoms with Crippen molar-refractivity contribution in [3.05, 3.63) is 96.2 Å². The van der Waals surface area contributed by atoms with Crippen LogP contribution >= 0.6 is 11.8 Å². The first kappa shape index (κ1) is 19.7. The van der Waals surface area contributed by atoms with Crippen LogP contribution in [0.4, 0.5) is 0 Å². The van der Waals surface area contributed by atoms with E-state index in [4.69, 9.17) is 4.42 Å². The molecule has 2 aromatic carbocycles. The van der Waals surface area contributed by atoms with Crippen LogP contribution in [0.2, 0.25) is 0 Å². The van der Waals surface area contributed by atoms with Gasteiger partial charge in [0.15, 0.2) is 5.16 Å². The Morgan fingerprint density at radius 3 is 2.53 bits per heavy atom. The molecule has 150 valence electrons. The SMILES string of the molecule is O=C(CSc1nnc(Cc2ccccc2)n1-c1ccccc1)N/N=C/c1ccco1. The van der Waals surface area contributed by atoms with Crippen LogP contribution in [-0.2, 0) is 11.2 Å². The van der Waals surface area contributed by atoms with Crippen LogP contribution in [0, 0.1) is 0 Å². The van der Waals surface area contributed by atoms with Crippen LogP contribution in [0.1, 0.15) is 17.1 Å². The molecule has 0 radical (unpaired) electrons. The molecule has 30 heavy (non-hydrogen) atoms. The first-order valence-corrected chi connectivity index (χ1v) is 10.3. The number of amides is 1. The van der Waals surface area contributed by atoms with Gasteiger partial charge in [0.25, 0.3) is 5.91 Å². The number of rotatable bonds is 8. The Bertz CT molecular complexity index is 1110. The second kappa shape index (κ2) is 9.71. The molecule has 0 saturated heterocycles. The lowest BCUT2D eigenvalue weighted by atomic mass is 10.1. The number of hydrogen-bond acceptors (Lipinski definition) is 6. The molecule has 0 aliphatic rings. The minimum Gasteiger partial charge on any atom is -0.463 e.